The highest BCUT2D eigenvalue weighted by molar-refractivity contribution is 5.77. The molecule has 0 N–H and O–H groups in total. The largest absolute Gasteiger partial charge is 0.418 e. The number of nitrogens with zero attached hydrogens (tertiary/aromatic N) is 3. The molecule has 0 saturated carbocycles. The molecule has 2 rings (SSSR count). The number of para-hydroxylation sites is 1. The van der Waals surface area contributed by atoms with Crippen LogP contribution in [0.2, 0.25) is 0 Å². The molecule has 0 atom stereocenters. The second kappa shape index (κ2) is 4.83. The van der Waals surface area contributed by atoms with Crippen molar-refractivity contribution < 1.29 is 18.0 Å². The average molecular weight is 269 g/mol. The molecule has 0 fully saturated rings. The van der Waals surface area contributed by atoms with Gasteiger partial charge in [0.2, 0.25) is 0 Å². The van der Waals surface area contributed by atoms with E-state index in [4.69, 9.17) is 0 Å². The Morgan fingerprint density at radius 2 is 2.00 bits per heavy atom. The third kappa shape index (κ3) is 2.81. The fourth-order valence-electron chi connectivity index (χ4n) is 1.73. The molecule has 1 heterocycles. The number of halogens is 3. The Labute approximate surface area is 106 Å². The zero-order valence-electron chi connectivity index (χ0n) is 9.98. The van der Waals surface area contributed by atoms with Gasteiger partial charge in [-0.3, -0.25) is 4.79 Å². The first-order valence-corrected chi connectivity index (χ1v) is 5.45. The van der Waals surface area contributed by atoms with Gasteiger partial charge in [-0.1, -0.05) is 17.3 Å². The van der Waals surface area contributed by atoms with Gasteiger partial charge in [-0.2, -0.15) is 13.2 Å². The second-order valence-electron chi connectivity index (χ2n) is 4.03. The third-order valence-corrected chi connectivity index (χ3v) is 2.49. The molecule has 0 unspecified atom stereocenters. The Morgan fingerprint density at radius 3 is 2.63 bits per heavy atom. The topological polar surface area (TPSA) is 47.8 Å². The minimum absolute atomic E-state index is 0.0147. The maximum absolute atomic E-state index is 12.9. The highest BCUT2D eigenvalue weighted by Crippen LogP contribution is 2.33. The number of rotatable bonds is 3. The Kier molecular flexibility index (Phi) is 3.37. The number of Topliss-reactive ketones (excluding diaryl/α,β-unsaturated/α-hetero) is 1. The van der Waals surface area contributed by atoms with Crippen molar-refractivity contribution in [1.82, 2.24) is 15.0 Å². The van der Waals surface area contributed by atoms with Gasteiger partial charge in [0.05, 0.1) is 29.6 Å². The average Bonchev–Trinajstić information content (AvgIpc) is 2.75. The molecule has 0 saturated heterocycles. The smallest absolute Gasteiger partial charge is 0.300 e. The number of aromatic nitrogens is 3. The van der Waals surface area contributed by atoms with Crippen molar-refractivity contribution in [3.8, 4) is 5.69 Å². The van der Waals surface area contributed by atoms with Crippen LogP contribution in [-0.4, -0.2) is 20.8 Å². The molecule has 0 aliphatic rings. The number of benzene rings is 1. The molecule has 4 nitrogen and oxygen atoms in total. The van der Waals surface area contributed by atoms with Crippen LogP contribution in [0.15, 0.2) is 30.5 Å². The molecule has 0 bridgehead atoms. The summed E-state index contributed by atoms with van der Waals surface area (Å²) in [5, 5.41) is 7.20. The van der Waals surface area contributed by atoms with Crippen LogP contribution in [-0.2, 0) is 17.4 Å². The highest BCUT2D eigenvalue weighted by atomic mass is 19.4. The van der Waals surface area contributed by atoms with Crippen LogP contribution in [0.1, 0.15) is 18.2 Å². The normalized spacial score (nSPS) is 11.6. The summed E-state index contributed by atoms with van der Waals surface area (Å²) in [6.45, 7) is 1.35. The van der Waals surface area contributed by atoms with E-state index in [1.54, 1.807) is 0 Å². The molecule has 0 spiro atoms. The van der Waals surface area contributed by atoms with Gasteiger partial charge < -0.3 is 0 Å². The van der Waals surface area contributed by atoms with E-state index in [2.05, 4.69) is 10.3 Å². The maximum Gasteiger partial charge on any atom is 0.418 e. The molecule has 0 aliphatic heterocycles. The molecule has 1 aromatic heterocycles. The Balaban J connectivity index is 2.54. The summed E-state index contributed by atoms with van der Waals surface area (Å²) in [6, 6.07) is 5.04. The molecule has 1 aromatic carbocycles. The number of ketones is 1. The fraction of sp³-hybridized carbons (Fsp3) is 0.250. The van der Waals surface area contributed by atoms with Gasteiger partial charge in [-0.15, -0.1) is 5.10 Å². The Hall–Kier alpha value is -2.18. The number of alkyl halides is 3. The highest BCUT2D eigenvalue weighted by Gasteiger charge is 2.34. The summed E-state index contributed by atoms with van der Waals surface area (Å²) in [5.74, 6) is -0.173. The number of hydrogen-bond donors (Lipinski definition) is 0. The fourth-order valence-corrected chi connectivity index (χ4v) is 1.73. The lowest BCUT2D eigenvalue weighted by Crippen LogP contribution is -2.14. The van der Waals surface area contributed by atoms with Crippen LogP contribution in [0.4, 0.5) is 13.2 Å². The van der Waals surface area contributed by atoms with Crippen molar-refractivity contribution in [3.05, 3.63) is 41.7 Å². The number of hydrogen-bond acceptors (Lipinski definition) is 3. The van der Waals surface area contributed by atoms with Crippen LogP contribution >= 0.6 is 0 Å². The van der Waals surface area contributed by atoms with Gasteiger partial charge in [0.1, 0.15) is 5.78 Å². The molecule has 0 amide bonds. The van der Waals surface area contributed by atoms with Gasteiger partial charge in [0, 0.05) is 0 Å². The minimum atomic E-state index is -4.49. The summed E-state index contributed by atoms with van der Waals surface area (Å²) < 4.78 is 39.8. The molecule has 19 heavy (non-hydrogen) atoms. The monoisotopic (exact) mass is 269 g/mol. The van der Waals surface area contributed by atoms with Crippen molar-refractivity contribution in [1.29, 1.82) is 0 Å². The predicted octanol–water partition coefficient (Wildman–Crippen LogP) is 2.42. The van der Waals surface area contributed by atoms with E-state index < -0.39 is 11.7 Å². The first-order valence-electron chi connectivity index (χ1n) is 5.45. The Bertz CT molecular complexity index is 604. The predicted molar refractivity (Wildman–Crippen MR) is 60.7 cm³/mol. The van der Waals surface area contributed by atoms with E-state index in [-0.39, 0.29) is 17.9 Å². The second-order valence-corrected chi connectivity index (χ2v) is 4.03. The molecule has 2 aromatic rings. The van der Waals surface area contributed by atoms with E-state index >= 15 is 0 Å². The van der Waals surface area contributed by atoms with Gasteiger partial charge in [-0.05, 0) is 19.1 Å². The number of carbonyl (C=O) groups is 1. The third-order valence-electron chi connectivity index (χ3n) is 2.49. The summed E-state index contributed by atoms with van der Waals surface area (Å²) in [5.41, 5.74) is -0.627. The summed E-state index contributed by atoms with van der Waals surface area (Å²) in [6.07, 6.45) is -3.22. The quantitative estimate of drug-likeness (QED) is 0.859. The SMILES string of the molecule is CC(=O)Cc1cnnn1-c1ccccc1C(F)(F)F. The molecule has 0 aliphatic carbocycles. The molecular formula is C12H10F3N3O. The van der Waals surface area contributed by atoms with Gasteiger partial charge >= 0.3 is 6.18 Å². The maximum atomic E-state index is 12.9. The molecular weight excluding hydrogens is 259 g/mol. The van der Waals surface area contributed by atoms with Crippen molar-refractivity contribution >= 4 is 5.78 Å². The van der Waals surface area contributed by atoms with E-state index in [1.807, 2.05) is 0 Å². The van der Waals surface area contributed by atoms with Crippen LogP contribution in [0.5, 0.6) is 0 Å². The van der Waals surface area contributed by atoms with Crippen molar-refractivity contribution in [3.63, 3.8) is 0 Å². The first-order chi connectivity index (χ1) is 8.89. The Morgan fingerprint density at radius 1 is 1.32 bits per heavy atom. The van der Waals surface area contributed by atoms with Crippen LogP contribution < -0.4 is 0 Å². The molecule has 100 valence electrons. The summed E-state index contributed by atoms with van der Waals surface area (Å²) in [7, 11) is 0. The first kappa shape index (κ1) is 13.3. The van der Waals surface area contributed by atoms with Crippen molar-refractivity contribution in [2.75, 3.05) is 0 Å². The van der Waals surface area contributed by atoms with Gasteiger partial charge in [0.25, 0.3) is 0 Å². The molecule has 0 radical (unpaired) electrons. The van der Waals surface area contributed by atoms with Crippen LogP contribution in [0.25, 0.3) is 5.69 Å². The van der Waals surface area contributed by atoms with E-state index in [0.29, 0.717) is 5.69 Å². The van der Waals surface area contributed by atoms with Crippen molar-refractivity contribution in [2.24, 2.45) is 0 Å². The van der Waals surface area contributed by atoms with Crippen molar-refractivity contribution in [2.45, 2.75) is 19.5 Å². The van der Waals surface area contributed by atoms with E-state index in [1.165, 1.54) is 31.3 Å². The zero-order valence-corrected chi connectivity index (χ0v) is 9.98. The van der Waals surface area contributed by atoms with Crippen LogP contribution in [0.3, 0.4) is 0 Å². The zero-order chi connectivity index (χ0) is 14.0. The van der Waals surface area contributed by atoms with E-state index in [0.717, 1.165) is 10.7 Å². The molecule has 7 heteroatoms. The minimum Gasteiger partial charge on any atom is -0.300 e. The lowest BCUT2D eigenvalue weighted by molar-refractivity contribution is -0.137. The summed E-state index contributed by atoms with van der Waals surface area (Å²) >= 11 is 0. The lowest BCUT2D eigenvalue weighted by Gasteiger charge is -2.13. The number of carbonyl (C=O) groups excluding carboxylic acids is 1. The standard InChI is InChI=1S/C12H10F3N3O/c1-8(19)6-9-7-16-17-18(9)11-5-3-2-4-10(11)12(13,14)15/h2-5,7H,6H2,1H3. The van der Waals surface area contributed by atoms with Gasteiger partial charge in [-0.25, -0.2) is 4.68 Å². The lowest BCUT2D eigenvalue weighted by atomic mass is 10.1. The summed E-state index contributed by atoms with van der Waals surface area (Å²) in [4.78, 5) is 11.1. The van der Waals surface area contributed by atoms with Crippen LogP contribution in [0, 0.1) is 0 Å². The van der Waals surface area contributed by atoms with E-state index in [9.17, 15) is 18.0 Å². The van der Waals surface area contributed by atoms with Gasteiger partial charge in [0.15, 0.2) is 0 Å².